The summed E-state index contributed by atoms with van der Waals surface area (Å²) in [5.41, 5.74) is 1.05. The van der Waals surface area contributed by atoms with E-state index in [2.05, 4.69) is 5.32 Å². The van der Waals surface area contributed by atoms with E-state index in [1.165, 1.54) is 30.6 Å². The Balaban J connectivity index is 1.52. The number of hydrogen-bond donors (Lipinski definition) is 1. The van der Waals surface area contributed by atoms with Crippen LogP contribution in [0.1, 0.15) is 5.56 Å². The Kier molecular flexibility index (Phi) is 7.13. The normalized spacial score (nSPS) is 11.1. The molecule has 7 nitrogen and oxygen atoms in total. The minimum atomic E-state index is -3.62. The number of halogens is 1. The SMILES string of the molecule is COc1ccc(CNC(=O)COc2ccc(N(C)S(=O)(=O)c3cccs3)cc2)cc1F. The number of anilines is 1. The predicted molar refractivity (Wildman–Crippen MR) is 117 cm³/mol. The molecule has 0 spiro atoms. The molecule has 0 fully saturated rings. The van der Waals surface area contributed by atoms with Gasteiger partial charge >= 0.3 is 0 Å². The lowest BCUT2D eigenvalue weighted by Crippen LogP contribution is -2.28. The largest absolute Gasteiger partial charge is 0.494 e. The number of nitrogens with zero attached hydrogens (tertiary/aromatic N) is 1. The van der Waals surface area contributed by atoms with Crippen molar-refractivity contribution in [1.29, 1.82) is 0 Å². The number of benzene rings is 2. The summed E-state index contributed by atoms with van der Waals surface area (Å²) in [6, 6.07) is 14.0. The first-order valence-electron chi connectivity index (χ1n) is 9.15. The fraction of sp³-hybridized carbons (Fsp3) is 0.190. The molecule has 0 saturated heterocycles. The van der Waals surface area contributed by atoms with Crippen LogP contribution in [-0.4, -0.2) is 35.1 Å². The van der Waals surface area contributed by atoms with Gasteiger partial charge in [0.2, 0.25) is 0 Å². The second-order valence-corrected chi connectivity index (χ2v) is 9.58. The first-order valence-corrected chi connectivity index (χ1v) is 11.5. The Morgan fingerprint density at radius 3 is 2.52 bits per heavy atom. The van der Waals surface area contributed by atoms with E-state index < -0.39 is 15.8 Å². The van der Waals surface area contributed by atoms with Crippen LogP contribution in [-0.2, 0) is 21.4 Å². The Bertz CT molecular complexity index is 1130. The third-order valence-electron chi connectivity index (χ3n) is 4.39. The molecule has 1 N–H and O–H groups in total. The highest BCUT2D eigenvalue weighted by Crippen LogP contribution is 2.26. The van der Waals surface area contributed by atoms with Gasteiger partial charge in [0.25, 0.3) is 15.9 Å². The van der Waals surface area contributed by atoms with Gasteiger partial charge in [-0.25, -0.2) is 12.8 Å². The first-order chi connectivity index (χ1) is 14.8. The molecular formula is C21H21FN2O5S2. The third kappa shape index (κ3) is 5.53. The van der Waals surface area contributed by atoms with Crippen molar-refractivity contribution >= 4 is 33.0 Å². The number of methoxy groups -OCH3 is 1. The van der Waals surface area contributed by atoms with Gasteiger partial charge in [0.1, 0.15) is 9.96 Å². The van der Waals surface area contributed by atoms with Crippen LogP contribution >= 0.6 is 11.3 Å². The zero-order chi connectivity index (χ0) is 22.4. The van der Waals surface area contributed by atoms with Gasteiger partial charge in [0.15, 0.2) is 18.2 Å². The molecule has 0 unspecified atom stereocenters. The summed E-state index contributed by atoms with van der Waals surface area (Å²) >= 11 is 1.15. The molecule has 0 saturated carbocycles. The molecule has 2 aromatic carbocycles. The van der Waals surface area contributed by atoms with E-state index in [9.17, 15) is 17.6 Å². The van der Waals surface area contributed by atoms with Crippen LogP contribution in [0.5, 0.6) is 11.5 Å². The molecule has 0 aliphatic carbocycles. The van der Waals surface area contributed by atoms with E-state index in [1.54, 1.807) is 47.8 Å². The van der Waals surface area contributed by atoms with E-state index in [1.807, 2.05) is 0 Å². The van der Waals surface area contributed by atoms with E-state index in [-0.39, 0.29) is 29.0 Å². The molecule has 31 heavy (non-hydrogen) atoms. The molecule has 164 valence electrons. The maximum absolute atomic E-state index is 13.7. The molecule has 3 aromatic rings. The molecule has 0 aliphatic heterocycles. The lowest BCUT2D eigenvalue weighted by Gasteiger charge is -2.18. The highest BCUT2D eigenvalue weighted by molar-refractivity contribution is 7.94. The molecule has 1 amide bonds. The van der Waals surface area contributed by atoms with E-state index >= 15 is 0 Å². The Hall–Kier alpha value is -3.11. The number of rotatable bonds is 9. The highest BCUT2D eigenvalue weighted by Gasteiger charge is 2.22. The van der Waals surface area contributed by atoms with E-state index in [0.717, 1.165) is 11.3 Å². The van der Waals surface area contributed by atoms with Crippen LogP contribution in [0.4, 0.5) is 10.1 Å². The third-order valence-corrected chi connectivity index (χ3v) is 7.54. The maximum Gasteiger partial charge on any atom is 0.273 e. The number of thiophene rings is 1. The predicted octanol–water partition coefficient (Wildman–Crippen LogP) is 3.42. The van der Waals surface area contributed by atoms with Gasteiger partial charge in [0, 0.05) is 13.6 Å². The van der Waals surface area contributed by atoms with E-state index in [4.69, 9.17) is 9.47 Å². The Morgan fingerprint density at radius 2 is 1.90 bits per heavy atom. The summed E-state index contributed by atoms with van der Waals surface area (Å²) in [5.74, 6) is -0.332. The zero-order valence-corrected chi connectivity index (χ0v) is 18.5. The molecule has 3 rings (SSSR count). The molecular weight excluding hydrogens is 443 g/mol. The van der Waals surface area contributed by atoms with Crippen molar-refractivity contribution < 1.29 is 27.1 Å². The quantitative estimate of drug-likeness (QED) is 0.525. The van der Waals surface area contributed by atoms with Gasteiger partial charge in [-0.1, -0.05) is 12.1 Å². The number of amides is 1. The summed E-state index contributed by atoms with van der Waals surface area (Å²) in [6.45, 7) is -0.0886. The van der Waals surface area contributed by atoms with Crippen LogP contribution in [0.3, 0.4) is 0 Å². The highest BCUT2D eigenvalue weighted by atomic mass is 32.2. The van der Waals surface area contributed by atoms with Gasteiger partial charge < -0.3 is 14.8 Å². The second kappa shape index (κ2) is 9.80. The van der Waals surface area contributed by atoms with Gasteiger partial charge in [-0.3, -0.25) is 9.10 Å². The van der Waals surface area contributed by atoms with Crippen molar-refractivity contribution in [2.45, 2.75) is 10.8 Å². The Morgan fingerprint density at radius 1 is 1.16 bits per heavy atom. The van der Waals surface area contributed by atoms with Crippen LogP contribution in [0.2, 0.25) is 0 Å². The van der Waals surface area contributed by atoms with Crippen LogP contribution in [0.15, 0.2) is 64.2 Å². The average molecular weight is 465 g/mol. The topological polar surface area (TPSA) is 84.9 Å². The van der Waals surface area contributed by atoms with Gasteiger partial charge in [0.05, 0.1) is 12.8 Å². The maximum atomic E-state index is 13.7. The van der Waals surface area contributed by atoms with Crippen LogP contribution in [0.25, 0.3) is 0 Å². The number of carbonyl (C=O) groups excluding carboxylic acids is 1. The molecule has 0 aliphatic rings. The minimum absolute atomic E-state index is 0.135. The number of nitrogens with one attached hydrogen (secondary N) is 1. The van der Waals surface area contributed by atoms with Crippen LogP contribution < -0.4 is 19.1 Å². The molecule has 0 radical (unpaired) electrons. The lowest BCUT2D eigenvalue weighted by atomic mass is 10.2. The number of hydrogen-bond acceptors (Lipinski definition) is 6. The number of carbonyl (C=O) groups is 1. The summed E-state index contributed by atoms with van der Waals surface area (Å²) < 4.78 is 50.5. The van der Waals surface area contributed by atoms with Crippen molar-refractivity contribution in [2.24, 2.45) is 0 Å². The van der Waals surface area contributed by atoms with E-state index in [0.29, 0.717) is 17.0 Å². The fourth-order valence-electron chi connectivity index (χ4n) is 2.66. The van der Waals surface area contributed by atoms with Crippen molar-refractivity contribution in [2.75, 3.05) is 25.1 Å². The van der Waals surface area contributed by atoms with Crippen molar-refractivity contribution in [1.82, 2.24) is 5.32 Å². The first kappa shape index (κ1) is 22.6. The van der Waals surface area contributed by atoms with Gasteiger partial charge in [-0.05, 0) is 53.4 Å². The average Bonchev–Trinajstić information content (AvgIpc) is 3.32. The summed E-state index contributed by atoms with van der Waals surface area (Å²) in [4.78, 5) is 12.0. The summed E-state index contributed by atoms with van der Waals surface area (Å²) in [6.07, 6.45) is 0. The van der Waals surface area contributed by atoms with Crippen molar-refractivity contribution in [3.63, 3.8) is 0 Å². The van der Waals surface area contributed by atoms with Crippen molar-refractivity contribution in [3.05, 3.63) is 71.4 Å². The fourth-order valence-corrected chi connectivity index (χ4v) is 5.01. The van der Waals surface area contributed by atoms with Crippen molar-refractivity contribution in [3.8, 4) is 11.5 Å². The molecule has 1 heterocycles. The number of ether oxygens (including phenoxy) is 2. The molecule has 0 atom stereocenters. The Labute approximate surface area is 184 Å². The standard InChI is InChI=1S/C21H21FN2O5S2/c1-24(31(26,27)21-4-3-11-30-21)16-6-8-17(9-7-16)29-14-20(25)23-13-15-5-10-19(28-2)18(22)12-15/h3-12H,13-14H2,1-2H3,(H,23,25). The van der Waals surface area contributed by atoms with Crippen LogP contribution in [0, 0.1) is 5.82 Å². The zero-order valence-electron chi connectivity index (χ0n) is 16.9. The second-order valence-electron chi connectivity index (χ2n) is 6.43. The monoisotopic (exact) mass is 464 g/mol. The van der Waals surface area contributed by atoms with Gasteiger partial charge in [-0.2, -0.15) is 0 Å². The summed E-state index contributed by atoms with van der Waals surface area (Å²) in [5, 5.41) is 4.34. The minimum Gasteiger partial charge on any atom is -0.494 e. The molecule has 0 bridgehead atoms. The smallest absolute Gasteiger partial charge is 0.273 e. The number of sulfonamides is 1. The van der Waals surface area contributed by atoms with Gasteiger partial charge in [-0.15, -0.1) is 11.3 Å². The molecule has 10 heteroatoms. The summed E-state index contributed by atoms with van der Waals surface area (Å²) in [7, 11) is -0.764. The molecule has 1 aromatic heterocycles. The lowest BCUT2D eigenvalue weighted by molar-refractivity contribution is -0.123.